The Labute approximate surface area is 122 Å². The van der Waals surface area contributed by atoms with Crippen LogP contribution in [0.25, 0.3) is 0 Å². The van der Waals surface area contributed by atoms with Crippen molar-refractivity contribution >= 4 is 8.73 Å². The van der Waals surface area contributed by atoms with Crippen LogP contribution in [0.15, 0.2) is 0 Å². The fraction of sp³-hybridized carbons (Fsp3) is 1.00. The van der Waals surface area contributed by atoms with Crippen molar-refractivity contribution in [2.24, 2.45) is 0 Å². The summed E-state index contributed by atoms with van der Waals surface area (Å²) < 4.78 is 2.39. The molecule has 116 valence electrons. The van der Waals surface area contributed by atoms with E-state index in [4.69, 9.17) is 0 Å². The van der Waals surface area contributed by atoms with Crippen molar-refractivity contribution in [2.75, 3.05) is 74.1 Å². The van der Waals surface area contributed by atoms with Crippen molar-refractivity contribution in [3.63, 3.8) is 0 Å². The van der Waals surface area contributed by atoms with Crippen LogP contribution in [0.5, 0.6) is 0 Å². The maximum Gasteiger partial charge on any atom is 0.00275 e. The smallest absolute Gasteiger partial charge is 0.00275 e. The quantitative estimate of drug-likeness (QED) is 0.409. The first-order valence-electron chi connectivity index (χ1n) is 7.48. The molecule has 0 radical (unpaired) electrons. The number of hydrogen-bond acceptors (Lipinski definition) is 4. The first-order chi connectivity index (χ1) is 9.06. The summed E-state index contributed by atoms with van der Waals surface area (Å²) in [4.78, 5) is 4.69. The molecule has 0 saturated carbocycles. The molecule has 1 unspecified atom stereocenters. The van der Waals surface area contributed by atoms with E-state index in [1.807, 2.05) is 0 Å². The van der Waals surface area contributed by atoms with Gasteiger partial charge in [0.15, 0.2) is 0 Å². The van der Waals surface area contributed by atoms with Gasteiger partial charge in [-0.3, -0.25) is 4.67 Å². The van der Waals surface area contributed by atoms with Crippen molar-refractivity contribution in [2.45, 2.75) is 19.3 Å². The summed E-state index contributed by atoms with van der Waals surface area (Å²) in [6.45, 7) is 9.35. The third kappa shape index (κ3) is 14.5. The Morgan fingerprint density at radius 3 is 1.95 bits per heavy atom. The Bertz CT molecular complexity index is 190. The van der Waals surface area contributed by atoms with E-state index < -0.39 is 0 Å². The predicted octanol–water partition coefficient (Wildman–Crippen LogP) is 1.39. The molecule has 19 heavy (non-hydrogen) atoms. The molecule has 0 bridgehead atoms. The second-order valence-corrected chi connectivity index (χ2v) is 6.77. The molecule has 0 aliphatic heterocycles. The minimum absolute atomic E-state index is 0.933. The van der Waals surface area contributed by atoms with Crippen LogP contribution in [0.1, 0.15) is 19.3 Å². The molecule has 0 aliphatic carbocycles. The number of hydrogen-bond donors (Lipinski definition) is 1. The molecule has 5 heteroatoms. The Morgan fingerprint density at radius 2 is 1.37 bits per heavy atom. The minimum Gasteiger partial charge on any atom is -0.317 e. The van der Waals surface area contributed by atoms with Crippen LogP contribution < -0.4 is 5.32 Å². The third-order valence-electron chi connectivity index (χ3n) is 3.27. The van der Waals surface area contributed by atoms with E-state index >= 15 is 0 Å². The van der Waals surface area contributed by atoms with Gasteiger partial charge in [-0.05, 0) is 86.8 Å². The summed E-state index contributed by atoms with van der Waals surface area (Å²) in [5, 5.41) is 3.54. The summed E-state index contributed by atoms with van der Waals surface area (Å²) in [7, 11) is 9.64. The number of nitrogens with zero attached hydrogens (tertiary/aromatic N) is 3. The molecule has 0 aromatic heterocycles. The first-order valence-corrected chi connectivity index (χ1v) is 8.93. The van der Waals surface area contributed by atoms with Crippen LogP contribution in [-0.4, -0.2) is 88.6 Å². The van der Waals surface area contributed by atoms with Gasteiger partial charge in [0.25, 0.3) is 0 Å². The maximum absolute atomic E-state index is 3.54. The fourth-order valence-corrected chi connectivity index (χ4v) is 2.30. The standard InChI is InChI=1S/C14H35N4P/c1-16(2)11-8-13-17(3)12-6-9-15-10-7-14-18(4)19-5/h15,19H,6-14H2,1-5H3. The molecule has 4 nitrogen and oxygen atoms in total. The third-order valence-corrected chi connectivity index (χ3v) is 4.25. The van der Waals surface area contributed by atoms with Gasteiger partial charge in [0.1, 0.15) is 0 Å². The zero-order chi connectivity index (χ0) is 14.5. The molecule has 0 amide bonds. The SMILES string of the molecule is CPN(C)CCCNCCCN(C)CCCN(C)C. The van der Waals surface area contributed by atoms with Gasteiger partial charge in [0, 0.05) is 6.54 Å². The molecule has 0 aliphatic rings. The van der Waals surface area contributed by atoms with Gasteiger partial charge in [-0.15, -0.1) is 0 Å². The van der Waals surface area contributed by atoms with E-state index in [0.717, 1.165) is 21.8 Å². The highest BCUT2D eigenvalue weighted by atomic mass is 31.1. The zero-order valence-electron chi connectivity index (χ0n) is 13.7. The highest BCUT2D eigenvalue weighted by Gasteiger charge is 1.99. The second kappa shape index (κ2) is 13.3. The normalized spacial score (nSPS) is 12.6. The van der Waals surface area contributed by atoms with Crippen LogP contribution in [0.3, 0.4) is 0 Å². The fourth-order valence-electron chi connectivity index (χ4n) is 1.92. The van der Waals surface area contributed by atoms with E-state index in [-0.39, 0.29) is 0 Å². The molecule has 0 aromatic carbocycles. The van der Waals surface area contributed by atoms with E-state index in [9.17, 15) is 0 Å². The summed E-state index contributed by atoms with van der Waals surface area (Å²) >= 11 is 0. The molecule has 1 atom stereocenters. The van der Waals surface area contributed by atoms with Crippen LogP contribution >= 0.6 is 8.73 Å². The molecule has 0 rings (SSSR count). The highest BCUT2D eigenvalue weighted by Crippen LogP contribution is 2.07. The van der Waals surface area contributed by atoms with E-state index in [2.05, 4.69) is 54.6 Å². The summed E-state index contributed by atoms with van der Waals surface area (Å²) in [5.74, 6) is 0. The summed E-state index contributed by atoms with van der Waals surface area (Å²) in [6, 6.07) is 0. The lowest BCUT2D eigenvalue weighted by molar-refractivity contribution is 0.296. The first kappa shape index (κ1) is 19.3. The van der Waals surface area contributed by atoms with E-state index in [0.29, 0.717) is 0 Å². The molecule has 0 heterocycles. The van der Waals surface area contributed by atoms with Gasteiger partial charge in [0.2, 0.25) is 0 Å². The van der Waals surface area contributed by atoms with Crippen LogP contribution in [0.4, 0.5) is 0 Å². The largest absolute Gasteiger partial charge is 0.317 e. The predicted molar refractivity (Wildman–Crippen MR) is 89.6 cm³/mol. The number of rotatable bonds is 13. The van der Waals surface area contributed by atoms with Crippen molar-refractivity contribution in [3.05, 3.63) is 0 Å². The molecule has 0 fully saturated rings. The average Bonchev–Trinajstić information content (AvgIpc) is 2.36. The Balaban J connectivity index is 3.20. The Hall–Kier alpha value is 0.270. The van der Waals surface area contributed by atoms with Crippen LogP contribution in [0, 0.1) is 0 Å². The van der Waals surface area contributed by atoms with Crippen molar-refractivity contribution in [3.8, 4) is 0 Å². The molecular formula is C14H35N4P. The van der Waals surface area contributed by atoms with Crippen LogP contribution in [0.2, 0.25) is 0 Å². The molecule has 1 N–H and O–H groups in total. The van der Waals surface area contributed by atoms with E-state index in [1.165, 1.54) is 45.4 Å². The average molecular weight is 290 g/mol. The van der Waals surface area contributed by atoms with Crippen molar-refractivity contribution < 1.29 is 0 Å². The molecule has 0 spiro atoms. The lowest BCUT2D eigenvalue weighted by Gasteiger charge is -2.18. The lowest BCUT2D eigenvalue weighted by Crippen LogP contribution is -2.27. The number of nitrogens with one attached hydrogen (secondary N) is 1. The summed E-state index contributed by atoms with van der Waals surface area (Å²) in [6.07, 6.45) is 3.78. The monoisotopic (exact) mass is 290 g/mol. The zero-order valence-corrected chi connectivity index (χ0v) is 14.7. The summed E-state index contributed by atoms with van der Waals surface area (Å²) in [5.41, 5.74) is 0. The van der Waals surface area contributed by atoms with Gasteiger partial charge in [-0.25, -0.2) is 0 Å². The van der Waals surface area contributed by atoms with Gasteiger partial charge in [0.05, 0.1) is 0 Å². The second-order valence-electron chi connectivity index (χ2n) is 5.56. The topological polar surface area (TPSA) is 21.8 Å². The molecule has 0 saturated heterocycles. The van der Waals surface area contributed by atoms with Gasteiger partial charge in [-0.2, -0.15) is 0 Å². The Kier molecular flexibility index (Phi) is 13.5. The lowest BCUT2D eigenvalue weighted by atomic mass is 10.3. The molecule has 0 aromatic rings. The highest BCUT2D eigenvalue weighted by molar-refractivity contribution is 7.34. The van der Waals surface area contributed by atoms with Gasteiger partial charge in [-0.1, -0.05) is 8.73 Å². The minimum atomic E-state index is 0.933. The van der Waals surface area contributed by atoms with Crippen molar-refractivity contribution in [1.29, 1.82) is 0 Å². The van der Waals surface area contributed by atoms with Gasteiger partial charge >= 0.3 is 0 Å². The van der Waals surface area contributed by atoms with Crippen LogP contribution in [-0.2, 0) is 0 Å². The molecular weight excluding hydrogens is 255 g/mol. The Morgan fingerprint density at radius 1 is 0.789 bits per heavy atom. The van der Waals surface area contributed by atoms with Gasteiger partial charge < -0.3 is 15.1 Å². The maximum atomic E-state index is 3.54. The van der Waals surface area contributed by atoms with Crippen molar-refractivity contribution in [1.82, 2.24) is 19.8 Å². The van der Waals surface area contributed by atoms with E-state index in [1.54, 1.807) is 0 Å².